The molecule has 1 rings (SSSR count). The molecule has 72 valence electrons. The maximum Gasteiger partial charge on any atom is 0.315 e. The fourth-order valence-electron chi connectivity index (χ4n) is 1.02. The number of aromatic nitrogens is 1. The Hall–Kier alpha value is -0.880. The summed E-state index contributed by atoms with van der Waals surface area (Å²) in [5.41, 5.74) is 5.85. The third-order valence-electron chi connectivity index (χ3n) is 1.66. The van der Waals surface area contributed by atoms with Crippen LogP contribution in [-0.2, 0) is 4.79 Å². The summed E-state index contributed by atoms with van der Waals surface area (Å²) in [7, 11) is 0. The summed E-state index contributed by atoms with van der Waals surface area (Å²) in [6.45, 7) is 1.67. The van der Waals surface area contributed by atoms with Crippen molar-refractivity contribution in [3.63, 3.8) is 0 Å². The van der Waals surface area contributed by atoms with Crippen molar-refractivity contribution in [1.29, 1.82) is 0 Å². The van der Waals surface area contributed by atoms with Crippen LogP contribution in [0.5, 0.6) is 0 Å². The number of carbonyl (C=O) groups is 1. The second-order valence-corrected chi connectivity index (χ2v) is 3.22. The maximum absolute atomic E-state index is 10.7. The quantitative estimate of drug-likeness (QED) is 0.829. The molecule has 0 bridgehead atoms. The van der Waals surface area contributed by atoms with Crippen molar-refractivity contribution in [2.75, 3.05) is 6.54 Å². The lowest BCUT2D eigenvalue weighted by atomic mass is 10.1. The Bertz CT molecular complexity index is 324. The molecule has 0 saturated heterocycles. The molecule has 1 heterocycles. The molecular weight excluding hydrogens is 240 g/mol. The molecular formula is C7H9BrN2O3. The number of aliphatic carboxylic acids is 1. The Morgan fingerprint density at radius 2 is 2.46 bits per heavy atom. The lowest BCUT2D eigenvalue weighted by Gasteiger charge is -2.05. The van der Waals surface area contributed by atoms with Gasteiger partial charge in [-0.25, -0.2) is 4.98 Å². The van der Waals surface area contributed by atoms with E-state index in [1.807, 2.05) is 0 Å². The van der Waals surface area contributed by atoms with Gasteiger partial charge in [-0.15, -0.1) is 0 Å². The number of carboxylic acids is 1. The average Bonchev–Trinajstić information content (AvgIpc) is 2.31. The second kappa shape index (κ2) is 3.89. The number of nitrogens with zero attached hydrogens (tertiary/aromatic N) is 1. The molecule has 5 nitrogen and oxygen atoms in total. The zero-order valence-corrected chi connectivity index (χ0v) is 8.54. The maximum atomic E-state index is 10.7. The number of halogens is 1. The predicted octanol–water partition coefficient (Wildman–Crippen LogP) is 0.872. The Morgan fingerprint density at radius 3 is 2.77 bits per heavy atom. The molecule has 0 aromatic carbocycles. The first-order valence-electron chi connectivity index (χ1n) is 3.62. The number of rotatable bonds is 3. The van der Waals surface area contributed by atoms with Crippen LogP contribution in [0.3, 0.4) is 0 Å². The zero-order chi connectivity index (χ0) is 10.0. The van der Waals surface area contributed by atoms with E-state index in [-0.39, 0.29) is 11.3 Å². The molecule has 13 heavy (non-hydrogen) atoms. The molecule has 0 saturated carbocycles. The Morgan fingerprint density at radius 1 is 1.85 bits per heavy atom. The average molecular weight is 249 g/mol. The van der Waals surface area contributed by atoms with Crippen molar-refractivity contribution in [2.24, 2.45) is 5.73 Å². The van der Waals surface area contributed by atoms with Gasteiger partial charge in [-0.2, -0.15) is 0 Å². The molecule has 1 unspecified atom stereocenters. The number of aryl methyl sites for hydroxylation is 1. The highest BCUT2D eigenvalue weighted by molar-refractivity contribution is 9.10. The van der Waals surface area contributed by atoms with Crippen molar-refractivity contribution in [1.82, 2.24) is 4.98 Å². The molecule has 6 heteroatoms. The summed E-state index contributed by atoms with van der Waals surface area (Å²) in [4.78, 5) is 14.9. The summed E-state index contributed by atoms with van der Waals surface area (Å²) in [5, 5.41) is 8.78. The van der Waals surface area contributed by atoms with E-state index in [0.717, 1.165) is 0 Å². The Labute approximate surface area is 83.1 Å². The minimum atomic E-state index is -1.01. The van der Waals surface area contributed by atoms with Crippen LogP contribution in [0, 0.1) is 6.92 Å². The Kier molecular flexibility index (Phi) is 3.05. The minimum absolute atomic E-state index is 0.00218. The highest BCUT2D eigenvalue weighted by atomic mass is 79.9. The first-order valence-corrected chi connectivity index (χ1v) is 4.41. The molecule has 0 aliphatic rings. The number of hydrogen-bond acceptors (Lipinski definition) is 4. The standard InChI is InChI=1S/C7H9BrN2O3/c1-3-5(13-7(8)10-3)4(2-9)6(11)12/h4H,2,9H2,1H3,(H,11,12). The van der Waals surface area contributed by atoms with Crippen LogP contribution in [0.25, 0.3) is 0 Å². The normalized spacial score (nSPS) is 12.8. The van der Waals surface area contributed by atoms with Crippen molar-refractivity contribution in [3.05, 3.63) is 16.3 Å². The highest BCUT2D eigenvalue weighted by Gasteiger charge is 2.24. The van der Waals surface area contributed by atoms with Crippen LogP contribution >= 0.6 is 15.9 Å². The van der Waals surface area contributed by atoms with Crippen LogP contribution in [0.2, 0.25) is 0 Å². The van der Waals surface area contributed by atoms with E-state index in [1.165, 1.54) is 0 Å². The van der Waals surface area contributed by atoms with E-state index in [1.54, 1.807) is 6.92 Å². The first-order chi connectivity index (χ1) is 6.06. The summed E-state index contributed by atoms with van der Waals surface area (Å²) < 4.78 is 5.07. The molecule has 0 amide bonds. The molecule has 0 aliphatic carbocycles. The van der Waals surface area contributed by atoms with Crippen LogP contribution in [0.4, 0.5) is 0 Å². The summed E-state index contributed by atoms with van der Waals surface area (Å²) >= 11 is 3.02. The lowest BCUT2D eigenvalue weighted by molar-refractivity contribution is -0.138. The van der Waals surface area contributed by atoms with Gasteiger partial charge in [0.05, 0.1) is 5.69 Å². The molecule has 0 aliphatic heterocycles. The number of carboxylic acid groups (broad SMARTS) is 1. The van der Waals surface area contributed by atoms with Crippen molar-refractivity contribution >= 4 is 21.9 Å². The third kappa shape index (κ3) is 2.07. The third-order valence-corrected chi connectivity index (χ3v) is 2.00. The van der Waals surface area contributed by atoms with E-state index in [9.17, 15) is 4.79 Å². The molecule has 0 fully saturated rings. The number of nitrogens with two attached hydrogens (primary N) is 1. The van der Waals surface area contributed by atoms with E-state index in [2.05, 4.69) is 20.9 Å². The van der Waals surface area contributed by atoms with Gasteiger partial charge in [-0.3, -0.25) is 4.79 Å². The largest absolute Gasteiger partial charge is 0.481 e. The Balaban J connectivity index is 3.04. The van der Waals surface area contributed by atoms with Crippen LogP contribution in [-0.4, -0.2) is 22.6 Å². The molecule has 1 aromatic heterocycles. The van der Waals surface area contributed by atoms with Gasteiger partial charge in [0.2, 0.25) is 0 Å². The molecule has 1 aromatic rings. The molecule has 3 N–H and O–H groups in total. The van der Waals surface area contributed by atoms with Gasteiger partial charge in [-0.05, 0) is 6.92 Å². The van der Waals surface area contributed by atoms with Gasteiger partial charge in [0, 0.05) is 22.5 Å². The van der Waals surface area contributed by atoms with Gasteiger partial charge >= 0.3 is 5.97 Å². The van der Waals surface area contributed by atoms with Crippen LogP contribution in [0.15, 0.2) is 9.22 Å². The van der Waals surface area contributed by atoms with E-state index in [4.69, 9.17) is 15.3 Å². The van der Waals surface area contributed by atoms with E-state index >= 15 is 0 Å². The van der Waals surface area contributed by atoms with Crippen LogP contribution < -0.4 is 5.73 Å². The monoisotopic (exact) mass is 248 g/mol. The summed E-state index contributed by atoms with van der Waals surface area (Å²) in [6, 6.07) is 0. The second-order valence-electron chi connectivity index (χ2n) is 2.54. The van der Waals surface area contributed by atoms with Crippen molar-refractivity contribution in [2.45, 2.75) is 12.8 Å². The lowest BCUT2D eigenvalue weighted by Crippen LogP contribution is -2.21. The summed E-state index contributed by atoms with van der Waals surface area (Å²) in [6.07, 6.45) is 0. The first kappa shape index (κ1) is 10.2. The molecule has 0 radical (unpaired) electrons. The van der Waals surface area contributed by atoms with Gasteiger partial charge in [-0.1, -0.05) is 0 Å². The summed E-state index contributed by atoms with van der Waals surface area (Å²) in [5.74, 6) is -1.52. The number of hydrogen-bond donors (Lipinski definition) is 2. The van der Waals surface area contributed by atoms with Gasteiger partial charge in [0.15, 0.2) is 0 Å². The van der Waals surface area contributed by atoms with Gasteiger partial charge in [0.1, 0.15) is 11.7 Å². The zero-order valence-electron chi connectivity index (χ0n) is 6.95. The van der Waals surface area contributed by atoms with E-state index in [0.29, 0.717) is 11.5 Å². The smallest absolute Gasteiger partial charge is 0.315 e. The van der Waals surface area contributed by atoms with Crippen molar-refractivity contribution in [3.8, 4) is 0 Å². The molecule has 0 spiro atoms. The molecule has 1 atom stereocenters. The predicted molar refractivity (Wildman–Crippen MR) is 48.4 cm³/mol. The van der Waals surface area contributed by atoms with Gasteiger partial charge in [0.25, 0.3) is 4.80 Å². The SMILES string of the molecule is Cc1nc(Br)oc1C(CN)C(=O)O. The highest BCUT2D eigenvalue weighted by Crippen LogP contribution is 2.23. The minimum Gasteiger partial charge on any atom is -0.481 e. The topological polar surface area (TPSA) is 89.4 Å². The number of oxazole rings is 1. The fourth-order valence-corrected chi connectivity index (χ4v) is 1.46. The van der Waals surface area contributed by atoms with Crippen molar-refractivity contribution < 1.29 is 14.3 Å². The fraction of sp³-hybridized carbons (Fsp3) is 0.429. The van der Waals surface area contributed by atoms with Gasteiger partial charge < -0.3 is 15.3 Å². The van der Waals surface area contributed by atoms with E-state index < -0.39 is 11.9 Å². The van der Waals surface area contributed by atoms with Crippen LogP contribution in [0.1, 0.15) is 17.4 Å².